The van der Waals surface area contributed by atoms with Crippen molar-refractivity contribution in [2.75, 3.05) is 12.3 Å². The van der Waals surface area contributed by atoms with E-state index in [0.29, 0.717) is 16.9 Å². The number of rotatable bonds is 1. The summed E-state index contributed by atoms with van der Waals surface area (Å²) in [7, 11) is -1.67. The summed E-state index contributed by atoms with van der Waals surface area (Å²) >= 11 is 0. The van der Waals surface area contributed by atoms with Crippen LogP contribution in [0.4, 0.5) is 5.82 Å². The van der Waals surface area contributed by atoms with Gasteiger partial charge in [-0.25, -0.2) is 0 Å². The summed E-state index contributed by atoms with van der Waals surface area (Å²) in [4.78, 5) is 18.1. The molecule has 4 N–H and O–H groups in total. The number of fused-ring (bicyclic) bond motifs is 2. The molecule has 0 aliphatic carbocycles. The molecule has 11 heteroatoms. The van der Waals surface area contributed by atoms with Gasteiger partial charge in [0, 0.05) is 0 Å². The molecule has 0 amide bonds. The van der Waals surface area contributed by atoms with Gasteiger partial charge < -0.3 is 0 Å². The second kappa shape index (κ2) is 4.85. The third kappa shape index (κ3) is 2.11. The fraction of sp³-hybridized carbons (Fsp3) is 0.455. The van der Waals surface area contributed by atoms with Crippen LogP contribution in [-0.2, 0) is 13.8 Å². The maximum atomic E-state index is 10.5. The normalized spacial score (nSPS) is 35.4. The van der Waals surface area contributed by atoms with Crippen molar-refractivity contribution >= 4 is 32.2 Å². The number of nitrogens with two attached hydrogens (primary N) is 1. The maximum absolute atomic E-state index is 10.5. The number of aliphatic hydroxyl groups excluding tert-OH is 1. The molecular formula is C11H16BN4O5P. The van der Waals surface area contributed by atoms with E-state index in [9.17, 15) is 10.00 Å². The molecular weight excluding hydrogens is 310 g/mol. The summed E-state index contributed by atoms with van der Waals surface area (Å²) in [6, 6.07) is 1.77. The second-order valence-corrected chi connectivity index (χ2v) is 7.89. The summed E-state index contributed by atoms with van der Waals surface area (Å²) in [5, 5.41) is 11.2. The quantitative estimate of drug-likeness (QED) is 0.437. The Labute approximate surface area is 127 Å². The first kappa shape index (κ1) is 14.3. The minimum atomic E-state index is -3.19. The van der Waals surface area contributed by atoms with Gasteiger partial charge in [-0.15, -0.1) is 0 Å². The standard InChI is InChI=1S/C11H16BN4O5P/c12-22(18)19-3-6-8(21-22)7(17)11(20-6)16-2-1-5-9(13)14-4-15-10(5)16/h1-2,4,6-8,11,17-18,22H,3,12H2,(H2,13,14,15)/t6-,7?,8-,11-/m1/s1. The Morgan fingerprint density at radius 3 is 3.09 bits per heavy atom. The van der Waals surface area contributed by atoms with E-state index in [-0.39, 0.29) is 6.61 Å². The average molecular weight is 326 g/mol. The molecule has 0 bridgehead atoms. The Morgan fingerprint density at radius 2 is 2.27 bits per heavy atom. The van der Waals surface area contributed by atoms with Gasteiger partial charge >= 0.3 is 126 Å². The third-order valence-electron chi connectivity index (χ3n) is 3.99. The van der Waals surface area contributed by atoms with Gasteiger partial charge in [0.2, 0.25) is 0 Å². The van der Waals surface area contributed by atoms with Crippen molar-refractivity contribution in [3.05, 3.63) is 18.6 Å². The summed E-state index contributed by atoms with van der Waals surface area (Å²) in [6.07, 6.45) is 0.395. The predicted octanol–water partition coefficient (Wildman–Crippen LogP) is -1.28. The molecule has 0 spiro atoms. The van der Waals surface area contributed by atoms with Gasteiger partial charge in [-0.2, -0.15) is 0 Å². The van der Waals surface area contributed by atoms with Gasteiger partial charge in [0.05, 0.1) is 0 Å². The van der Waals surface area contributed by atoms with Crippen molar-refractivity contribution in [3.63, 3.8) is 0 Å². The zero-order valence-corrected chi connectivity index (χ0v) is 12.8. The molecule has 0 aromatic carbocycles. The van der Waals surface area contributed by atoms with Crippen LogP contribution in [0.2, 0.25) is 0 Å². The second-order valence-electron chi connectivity index (χ2n) is 5.57. The van der Waals surface area contributed by atoms with Gasteiger partial charge in [-0.1, -0.05) is 0 Å². The molecule has 9 nitrogen and oxygen atoms in total. The van der Waals surface area contributed by atoms with Crippen LogP contribution in [0, 0.1) is 0 Å². The fourth-order valence-electron chi connectivity index (χ4n) is 2.95. The van der Waals surface area contributed by atoms with Crippen molar-refractivity contribution in [1.29, 1.82) is 0 Å². The Balaban J connectivity index is 1.70. The molecule has 22 heavy (non-hydrogen) atoms. The van der Waals surface area contributed by atoms with E-state index in [1.165, 1.54) is 13.9 Å². The Morgan fingerprint density at radius 1 is 1.45 bits per heavy atom. The third-order valence-corrected chi connectivity index (χ3v) is 5.41. The van der Waals surface area contributed by atoms with E-state index in [0.717, 1.165) is 0 Å². The van der Waals surface area contributed by atoms with Crippen LogP contribution in [0.1, 0.15) is 6.23 Å². The van der Waals surface area contributed by atoms with Gasteiger partial charge in [-0.05, 0) is 0 Å². The van der Waals surface area contributed by atoms with Crippen LogP contribution in [0.5, 0.6) is 0 Å². The zero-order chi connectivity index (χ0) is 15.5. The topological polar surface area (TPSA) is 125 Å². The molecule has 4 rings (SSSR count). The number of aliphatic hydroxyl groups is 1. The van der Waals surface area contributed by atoms with Crippen molar-refractivity contribution in [1.82, 2.24) is 14.5 Å². The Bertz CT molecular complexity index is 728. The molecule has 2 aromatic rings. The van der Waals surface area contributed by atoms with Crippen LogP contribution >= 0.6 is 7.82 Å². The molecule has 2 aromatic heterocycles. The number of hydrogen-bond donors (Lipinski definition) is 3. The van der Waals surface area contributed by atoms with E-state index >= 15 is 0 Å². The van der Waals surface area contributed by atoms with Gasteiger partial charge in [0.25, 0.3) is 0 Å². The molecule has 4 atom stereocenters. The van der Waals surface area contributed by atoms with Crippen LogP contribution in [0.15, 0.2) is 18.6 Å². The van der Waals surface area contributed by atoms with Gasteiger partial charge in [0.1, 0.15) is 0 Å². The molecule has 118 valence electrons. The molecule has 1 unspecified atom stereocenters. The number of ether oxygens (including phenoxy) is 1. The fourth-order valence-corrected chi connectivity index (χ4v) is 4.29. The molecule has 2 fully saturated rings. The zero-order valence-electron chi connectivity index (χ0n) is 11.8. The van der Waals surface area contributed by atoms with E-state index in [1.807, 2.05) is 0 Å². The van der Waals surface area contributed by atoms with Crippen molar-refractivity contribution in [3.8, 4) is 0 Å². The Hall–Kier alpha value is -1.29. The van der Waals surface area contributed by atoms with Crippen molar-refractivity contribution < 1.29 is 23.8 Å². The first-order valence-electron chi connectivity index (χ1n) is 6.91. The summed E-state index contributed by atoms with van der Waals surface area (Å²) in [5.41, 5.74) is 6.38. The molecule has 2 aliphatic heterocycles. The number of nitrogen functional groups attached to an aromatic ring is 1. The van der Waals surface area contributed by atoms with E-state index in [2.05, 4.69) is 9.97 Å². The van der Waals surface area contributed by atoms with Crippen LogP contribution < -0.4 is 5.73 Å². The molecule has 0 saturated carbocycles. The number of hydrogen-bond acceptors (Lipinski definition) is 8. The molecule has 4 heterocycles. The Kier molecular flexibility index (Phi) is 3.16. The predicted molar refractivity (Wildman–Crippen MR) is 81.8 cm³/mol. The monoisotopic (exact) mass is 326 g/mol. The van der Waals surface area contributed by atoms with Gasteiger partial charge in [0.15, 0.2) is 0 Å². The van der Waals surface area contributed by atoms with Crippen molar-refractivity contribution in [2.24, 2.45) is 0 Å². The summed E-state index contributed by atoms with van der Waals surface area (Å²) < 4.78 is 18.3. The van der Waals surface area contributed by atoms with E-state index in [1.54, 1.807) is 16.8 Å². The number of anilines is 1. The van der Waals surface area contributed by atoms with Crippen LogP contribution in [0.25, 0.3) is 11.0 Å². The van der Waals surface area contributed by atoms with E-state index < -0.39 is 32.4 Å². The minimum absolute atomic E-state index is 0.188. The van der Waals surface area contributed by atoms with Gasteiger partial charge in [-0.3, -0.25) is 0 Å². The summed E-state index contributed by atoms with van der Waals surface area (Å²) in [6.45, 7) is 0.188. The van der Waals surface area contributed by atoms with Crippen molar-refractivity contribution in [2.45, 2.75) is 24.5 Å². The molecule has 0 radical (unpaired) electrons. The first-order chi connectivity index (χ1) is 10.5. The number of nitrogens with zero attached hydrogens (tertiary/aromatic N) is 3. The SMILES string of the molecule is B[PH]1(O)OC[C@H]2O[C@@H](n3ccc4c(N)ncnc43)C(O)[C@@H]2O1. The summed E-state index contributed by atoms with van der Waals surface area (Å²) in [5.74, 6) is 0.364. The first-order valence-corrected chi connectivity index (χ1v) is 9.17. The van der Waals surface area contributed by atoms with E-state index in [4.69, 9.17) is 19.5 Å². The molecule has 2 saturated heterocycles. The molecule has 2 aliphatic rings. The van der Waals surface area contributed by atoms with Crippen LogP contribution in [-0.4, -0.2) is 57.0 Å². The number of aromatic nitrogens is 3. The average Bonchev–Trinajstić information content (AvgIpc) is 3.01. The van der Waals surface area contributed by atoms with Crippen LogP contribution in [0.3, 0.4) is 0 Å².